The lowest BCUT2D eigenvalue weighted by Gasteiger charge is -2.20. The molecule has 1 saturated carbocycles. The molecule has 32 heavy (non-hydrogen) atoms. The number of para-hydroxylation sites is 1. The van der Waals surface area contributed by atoms with Crippen LogP contribution in [0.25, 0.3) is 0 Å². The van der Waals surface area contributed by atoms with Gasteiger partial charge in [0.2, 0.25) is 17.6 Å². The van der Waals surface area contributed by atoms with Gasteiger partial charge in [0, 0.05) is 5.56 Å². The van der Waals surface area contributed by atoms with Gasteiger partial charge in [0.25, 0.3) is 0 Å². The molecule has 2 aromatic rings. The highest BCUT2D eigenvalue weighted by Gasteiger charge is 2.59. The van der Waals surface area contributed by atoms with E-state index in [1.54, 1.807) is 24.3 Å². The second-order valence-electron chi connectivity index (χ2n) is 8.85. The van der Waals surface area contributed by atoms with Gasteiger partial charge in [-0.15, -0.1) is 0 Å². The Bertz CT molecular complexity index is 1170. The number of carbonyl (C=O) groups excluding carboxylic acids is 4. The van der Waals surface area contributed by atoms with Crippen molar-refractivity contribution in [2.45, 2.75) is 20.3 Å². The van der Waals surface area contributed by atoms with E-state index in [4.69, 9.17) is 4.74 Å². The molecule has 2 fully saturated rings. The minimum absolute atomic E-state index is 0.0840. The Morgan fingerprint density at radius 2 is 1.59 bits per heavy atom. The van der Waals surface area contributed by atoms with E-state index in [0.29, 0.717) is 5.56 Å². The maximum atomic E-state index is 13.1. The second kappa shape index (κ2) is 7.55. The average molecular weight is 429 g/mol. The molecule has 6 nitrogen and oxygen atoms in total. The Hall–Kier alpha value is -3.54. The quantitative estimate of drug-likeness (QED) is 0.314. The zero-order chi connectivity index (χ0) is 22.6. The number of imide groups is 1. The number of anilines is 1. The topological polar surface area (TPSA) is 80.8 Å². The number of hydrogen-bond donors (Lipinski definition) is 0. The Morgan fingerprint density at radius 3 is 2.28 bits per heavy atom. The van der Waals surface area contributed by atoms with Gasteiger partial charge in [0.05, 0.1) is 23.1 Å². The van der Waals surface area contributed by atoms with Crippen molar-refractivity contribution in [3.63, 3.8) is 0 Å². The lowest BCUT2D eigenvalue weighted by Crippen LogP contribution is -2.34. The third-order valence-corrected chi connectivity index (χ3v) is 6.86. The lowest BCUT2D eigenvalue weighted by molar-refractivity contribution is -0.123. The minimum atomic E-state index is -0.738. The van der Waals surface area contributed by atoms with Gasteiger partial charge in [-0.2, -0.15) is 0 Å². The zero-order valence-corrected chi connectivity index (χ0v) is 17.9. The average Bonchev–Trinajstić information content (AvgIpc) is 3.47. The van der Waals surface area contributed by atoms with E-state index < -0.39 is 12.6 Å². The number of Topliss-reactive ketones (excluding diaryl/α,β-unsaturated/α-hetero) is 1. The normalized spacial score (nSPS) is 25.4. The largest absolute Gasteiger partial charge is 0.454 e. The highest BCUT2D eigenvalue weighted by molar-refractivity contribution is 6.24. The summed E-state index contributed by atoms with van der Waals surface area (Å²) >= 11 is 0. The molecule has 1 aliphatic heterocycles. The molecule has 6 heteroatoms. The van der Waals surface area contributed by atoms with E-state index in [2.05, 4.69) is 0 Å². The maximum absolute atomic E-state index is 13.1. The molecule has 162 valence electrons. The number of carbonyl (C=O) groups is 4. The third kappa shape index (κ3) is 3.09. The molecule has 0 spiro atoms. The summed E-state index contributed by atoms with van der Waals surface area (Å²) in [5.41, 5.74) is 2.58. The summed E-state index contributed by atoms with van der Waals surface area (Å²) in [7, 11) is 0. The molecule has 0 N–H and O–H groups in total. The lowest BCUT2D eigenvalue weighted by atomic mass is 9.85. The summed E-state index contributed by atoms with van der Waals surface area (Å²) in [4.78, 5) is 52.9. The van der Waals surface area contributed by atoms with Crippen molar-refractivity contribution >= 4 is 29.3 Å². The van der Waals surface area contributed by atoms with Gasteiger partial charge in [-0.25, -0.2) is 9.69 Å². The number of allylic oxidation sites excluding steroid dienone is 2. The van der Waals surface area contributed by atoms with Crippen LogP contribution in [-0.2, 0) is 14.3 Å². The fourth-order valence-electron chi connectivity index (χ4n) is 5.30. The van der Waals surface area contributed by atoms with Crippen molar-refractivity contribution < 1.29 is 23.9 Å². The number of ether oxygens (including phenoxy) is 1. The van der Waals surface area contributed by atoms with Crippen LogP contribution in [0.3, 0.4) is 0 Å². The van der Waals surface area contributed by atoms with Gasteiger partial charge in [-0.1, -0.05) is 42.0 Å². The monoisotopic (exact) mass is 429 g/mol. The Labute approximate surface area is 185 Å². The van der Waals surface area contributed by atoms with Crippen LogP contribution in [0.2, 0.25) is 0 Å². The molecule has 1 heterocycles. The van der Waals surface area contributed by atoms with Gasteiger partial charge in [0.1, 0.15) is 0 Å². The number of amides is 2. The van der Waals surface area contributed by atoms with Gasteiger partial charge in [-0.05, 0) is 55.9 Å². The smallest absolute Gasteiger partial charge is 0.340 e. The number of hydrogen-bond acceptors (Lipinski definition) is 5. The number of benzene rings is 2. The van der Waals surface area contributed by atoms with E-state index >= 15 is 0 Å². The highest BCUT2D eigenvalue weighted by Crippen LogP contribution is 2.53. The molecular weight excluding hydrogens is 406 g/mol. The molecule has 2 aromatic carbocycles. The van der Waals surface area contributed by atoms with Gasteiger partial charge in [-0.3, -0.25) is 14.4 Å². The summed E-state index contributed by atoms with van der Waals surface area (Å²) < 4.78 is 5.31. The van der Waals surface area contributed by atoms with Crippen LogP contribution in [0.15, 0.2) is 54.6 Å². The molecule has 2 amide bonds. The van der Waals surface area contributed by atoms with Crippen LogP contribution in [0, 0.1) is 37.5 Å². The van der Waals surface area contributed by atoms with Crippen LogP contribution >= 0.6 is 0 Å². The van der Waals surface area contributed by atoms with E-state index in [-0.39, 0.29) is 52.5 Å². The van der Waals surface area contributed by atoms with E-state index in [1.807, 2.05) is 38.1 Å². The zero-order valence-electron chi connectivity index (χ0n) is 17.9. The number of esters is 1. The predicted molar refractivity (Wildman–Crippen MR) is 117 cm³/mol. The molecule has 3 aliphatic rings. The predicted octanol–water partition coefficient (Wildman–Crippen LogP) is 3.65. The fourth-order valence-corrected chi connectivity index (χ4v) is 5.30. The summed E-state index contributed by atoms with van der Waals surface area (Å²) in [6, 6.07) is 11.9. The molecule has 1 saturated heterocycles. The van der Waals surface area contributed by atoms with E-state index in [1.165, 1.54) is 6.07 Å². The van der Waals surface area contributed by atoms with E-state index in [0.717, 1.165) is 22.4 Å². The van der Waals surface area contributed by atoms with Crippen molar-refractivity contribution in [1.29, 1.82) is 0 Å². The molecule has 2 bridgehead atoms. The summed E-state index contributed by atoms with van der Waals surface area (Å²) in [5, 5.41) is 0. The number of rotatable bonds is 5. The molecule has 0 unspecified atom stereocenters. The second-order valence-corrected chi connectivity index (χ2v) is 8.85. The summed E-state index contributed by atoms with van der Waals surface area (Å²) in [6.45, 7) is 3.30. The van der Waals surface area contributed by atoms with Crippen molar-refractivity contribution in [2.75, 3.05) is 11.5 Å². The highest BCUT2D eigenvalue weighted by atomic mass is 16.5. The van der Waals surface area contributed by atoms with Crippen molar-refractivity contribution in [2.24, 2.45) is 23.7 Å². The molecule has 0 radical (unpaired) electrons. The van der Waals surface area contributed by atoms with E-state index in [9.17, 15) is 19.2 Å². The molecule has 0 aromatic heterocycles. The Morgan fingerprint density at radius 1 is 0.938 bits per heavy atom. The third-order valence-electron chi connectivity index (χ3n) is 6.86. The summed E-state index contributed by atoms with van der Waals surface area (Å²) in [6.07, 6.45) is 4.89. The molecule has 2 aliphatic carbocycles. The van der Waals surface area contributed by atoms with Crippen LogP contribution < -0.4 is 4.90 Å². The minimum Gasteiger partial charge on any atom is -0.454 e. The number of nitrogens with zero attached hydrogens (tertiary/aromatic N) is 1. The number of aryl methyl sites for hydroxylation is 2. The first kappa shape index (κ1) is 20.4. The van der Waals surface area contributed by atoms with Crippen LogP contribution in [0.1, 0.15) is 38.3 Å². The number of fused-ring (bicyclic) bond motifs is 5. The number of ketones is 1. The SMILES string of the molecule is Cc1ccc(C)c(C(=O)COC(=O)c2ccccc2N2C(=O)[C@@H]3[C@@H](C2=O)[C@H]2C=C[C@@H]3C2)c1. The van der Waals surface area contributed by atoms with Crippen molar-refractivity contribution in [3.05, 3.63) is 76.9 Å². The standard InChI is InChI=1S/C26H23NO5/c1-14-7-8-15(2)19(11-14)21(28)13-32-26(31)18-5-3-4-6-20(18)27-24(29)22-16-9-10-17(12-16)23(22)25(27)30/h3-11,16-17,22-23H,12-13H2,1-2H3/t16-,17+,22-,23-/m0/s1. The molecular formula is C26H23NO5. The van der Waals surface area contributed by atoms with Crippen LogP contribution in [-0.4, -0.2) is 30.2 Å². The van der Waals surface area contributed by atoms with Crippen molar-refractivity contribution in [3.8, 4) is 0 Å². The first-order valence-corrected chi connectivity index (χ1v) is 10.8. The Kier molecular flexibility index (Phi) is 4.81. The maximum Gasteiger partial charge on any atom is 0.340 e. The van der Waals surface area contributed by atoms with Crippen LogP contribution in [0.4, 0.5) is 5.69 Å². The Balaban J connectivity index is 1.37. The van der Waals surface area contributed by atoms with Crippen molar-refractivity contribution in [1.82, 2.24) is 0 Å². The van der Waals surface area contributed by atoms with Gasteiger partial charge >= 0.3 is 5.97 Å². The first-order chi connectivity index (χ1) is 15.4. The fraction of sp³-hybridized carbons (Fsp3) is 0.308. The molecule has 4 atom stereocenters. The first-order valence-electron chi connectivity index (χ1n) is 10.8. The van der Waals surface area contributed by atoms with Gasteiger partial charge in [0.15, 0.2) is 6.61 Å². The van der Waals surface area contributed by atoms with Gasteiger partial charge < -0.3 is 4.74 Å². The van der Waals surface area contributed by atoms with Crippen LogP contribution in [0.5, 0.6) is 0 Å². The summed E-state index contributed by atoms with van der Waals surface area (Å²) in [5.74, 6) is -2.10. The molecule has 5 rings (SSSR count).